The first-order valence-electron chi connectivity index (χ1n) is 5.06. The van der Waals surface area contributed by atoms with E-state index in [-0.39, 0.29) is 30.2 Å². The first kappa shape index (κ1) is 13.8. The highest BCUT2D eigenvalue weighted by atomic mass is 35.5. The lowest BCUT2D eigenvalue weighted by atomic mass is 10.1. The fourth-order valence-corrected chi connectivity index (χ4v) is 1.47. The van der Waals surface area contributed by atoms with Crippen molar-refractivity contribution in [2.75, 3.05) is 6.61 Å². The number of halogens is 3. The number of rotatable bonds is 5. The van der Waals surface area contributed by atoms with E-state index in [4.69, 9.17) is 16.3 Å². The van der Waals surface area contributed by atoms with Crippen LogP contribution >= 0.6 is 11.6 Å². The molecule has 0 fully saturated rings. The fraction of sp³-hybridized carbons (Fsp3) is 0.455. The molecular formula is C11H12ClF2NO2. The molecule has 1 aromatic heterocycles. The second-order valence-corrected chi connectivity index (χ2v) is 3.52. The first-order valence-corrected chi connectivity index (χ1v) is 5.60. The largest absolute Gasteiger partial charge is 0.466 e. The van der Waals surface area contributed by atoms with Crippen LogP contribution in [0.5, 0.6) is 0 Å². The number of hydrogen-bond donors (Lipinski definition) is 0. The van der Waals surface area contributed by atoms with Gasteiger partial charge in [-0.25, -0.2) is 8.78 Å². The maximum Gasteiger partial charge on any atom is 0.311 e. The molecule has 0 amide bonds. The van der Waals surface area contributed by atoms with Crippen LogP contribution in [0.4, 0.5) is 8.78 Å². The predicted molar refractivity (Wildman–Crippen MR) is 59.1 cm³/mol. The third-order valence-corrected chi connectivity index (χ3v) is 2.33. The van der Waals surface area contributed by atoms with E-state index in [9.17, 15) is 13.6 Å². The summed E-state index contributed by atoms with van der Waals surface area (Å²) in [5.74, 6) is -0.465. The Morgan fingerprint density at radius 1 is 1.53 bits per heavy atom. The molecule has 3 nitrogen and oxygen atoms in total. The highest BCUT2D eigenvalue weighted by Crippen LogP contribution is 2.23. The standard InChI is InChI=1S/C11H12ClF2NO2/c1-2-17-10(16)5-9-8(11(13)14)4-3-7(6-12)15-9/h3-4,11H,2,5-6H2,1H3. The van der Waals surface area contributed by atoms with Gasteiger partial charge >= 0.3 is 5.97 Å². The zero-order chi connectivity index (χ0) is 12.8. The van der Waals surface area contributed by atoms with Crippen LogP contribution in [0, 0.1) is 0 Å². The normalized spacial score (nSPS) is 10.6. The van der Waals surface area contributed by atoms with E-state index >= 15 is 0 Å². The summed E-state index contributed by atoms with van der Waals surface area (Å²) in [5, 5.41) is 0. The molecular weight excluding hydrogens is 252 g/mol. The van der Waals surface area contributed by atoms with Crippen molar-refractivity contribution in [1.82, 2.24) is 4.98 Å². The minimum Gasteiger partial charge on any atom is -0.466 e. The van der Waals surface area contributed by atoms with Crippen LogP contribution in [0.2, 0.25) is 0 Å². The van der Waals surface area contributed by atoms with Gasteiger partial charge in [0.15, 0.2) is 0 Å². The van der Waals surface area contributed by atoms with Crippen molar-refractivity contribution in [1.29, 1.82) is 0 Å². The van der Waals surface area contributed by atoms with Gasteiger partial charge in [-0.05, 0) is 19.1 Å². The van der Waals surface area contributed by atoms with Crippen molar-refractivity contribution in [3.8, 4) is 0 Å². The fourth-order valence-electron chi connectivity index (χ4n) is 1.32. The molecule has 0 N–H and O–H groups in total. The Balaban J connectivity index is 2.96. The summed E-state index contributed by atoms with van der Waals surface area (Å²) in [7, 11) is 0. The van der Waals surface area contributed by atoms with Gasteiger partial charge in [0, 0.05) is 5.56 Å². The SMILES string of the molecule is CCOC(=O)Cc1nc(CCl)ccc1C(F)F. The van der Waals surface area contributed by atoms with Crippen molar-refractivity contribution in [2.24, 2.45) is 0 Å². The molecule has 0 aliphatic heterocycles. The van der Waals surface area contributed by atoms with Gasteiger partial charge in [0.2, 0.25) is 0 Å². The van der Waals surface area contributed by atoms with Gasteiger partial charge in [-0.3, -0.25) is 9.78 Å². The highest BCUT2D eigenvalue weighted by molar-refractivity contribution is 6.16. The lowest BCUT2D eigenvalue weighted by molar-refractivity contribution is -0.142. The van der Waals surface area contributed by atoms with Gasteiger partial charge in [0.05, 0.1) is 30.3 Å². The maximum absolute atomic E-state index is 12.7. The van der Waals surface area contributed by atoms with Crippen LogP contribution in [0.3, 0.4) is 0 Å². The number of hydrogen-bond acceptors (Lipinski definition) is 3. The summed E-state index contributed by atoms with van der Waals surface area (Å²) >= 11 is 5.56. The van der Waals surface area contributed by atoms with Gasteiger partial charge in [0.25, 0.3) is 6.43 Å². The molecule has 0 aliphatic carbocycles. The van der Waals surface area contributed by atoms with E-state index in [1.54, 1.807) is 6.92 Å². The molecule has 1 rings (SSSR count). The second-order valence-electron chi connectivity index (χ2n) is 3.25. The van der Waals surface area contributed by atoms with E-state index < -0.39 is 12.4 Å². The summed E-state index contributed by atoms with van der Waals surface area (Å²) in [6.07, 6.45) is -2.94. The van der Waals surface area contributed by atoms with E-state index in [1.165, 1.54) is 12.1 Å². The van der Waals surface area contributed by atoms with Crippen molar-refractivity contribution in [3.63, 3.8) is 0 Å². The van der Waals surface area contributed by atoms with Crippen LogP contribution in [0.25, 0.3) is 0 Å². The zero-order valence-corrected chi connectivity index (χ0v) is 10.0. The van der Waals surface area contributed by atoms with Crippen LogP contribution in [-0.4, -0.2) is 17.6 Å². The number of esters is 1. The van der Waals surface area contributed by atoms with Crippen LogP contribution in [0.1, 0.15) is 30.3 Å². The Hall–Kier alpha value is -1.23. The van der Waals surface area contributed by atoms with Crippen LogP contribution in [-0.2, 0) is 21.8 Å². The second kappa shape index (κ2) is 6.49. The van der Waals surface area contributed by atoms with Crippen molar-refractivity contribution in [2.45, 2.75) is 25.7 Å². The quantitative estimate of drug-likeness (QED) is 0.606. The van der Waals surface area contributed by atoms with E-state index in [1.807, 2.05) is 0 Å². The third kappa shape index (κ3) is 3.93. The van der Waals surface area contributed by atoms with E-state index in [0.29, 0.717) is 5.69 Å². The summed E-state index contributed by atoms with van der Waals surface area (Å²) in [4.78, 5) is 15.2. The van der Waals surface area contributed by atoms with Gasteiger partial charge in [-0.2, -0.15) is 0 Å². The number of aromatic nitrogens is 1. The molecule has 0 aliphatic rings. The minimum absolute atomic E-state index is 0.0246. The molecule has 1 aromatic rings. The molecule has 1 heterocycles. The molecule has 17 heavy (non-hydrogen) atoms. The lowest BCUT2D eigenvalue weighted by Gasteiger charge is -2.09. The van der Waals surface area contributed by atoms with E-state index in [2.05, 4.69) is 4.98 Å². The smallest absolute Gasteiger partial charge is 0.311 e. The zero-order valence-electron chi connectivity index (χ0n) is 9.25. The van der Waals surface area contributed by atoms with Gasteiger partial charge < -0.3 is 4.74 Å². The maximum atomic E-state index is 12.7. The summed E-state index contributed by atoms with van der Waals surface area (Å²) in [6.45, 7) is 1.85. The van der Waals surface area contributed by atoms with Crippen LogP contribution < -0.4 is 0 Å². The number of alkyl halides is 3. The molecule has 0 radical (unpaired) electrons. The van der Waals surface area contributed by atoms with E-state index in [0.717, 1.165) is 0 Å². The van der Waals surface area contributed by atoms with Gasteiger partial charge in [0.1, 0.15) is 0 Å². The van der Waals surface area contributed by atoms with Gasteiger partial charge in [-0.15, -0.1) is 11.6 Å². The Morgan fingerprint density at radius 3 is 2.76 bits per heavy atom. The Morgan fingerprint density at radius 2 is 2.24 bits per heavy atom. The number of pyridine rings is 1. The number of carbonyl (C=O) groups excluding carboxylic acids is 1. The molecule has 0 aromatic carbocycles. The highest BCUT2D eigenvalue weighted by Gasteiger charge is 2.17. The molecule has 0 unspecified atom stereocenters. The molecule has 0 spiro atoms. The lowest BCUT2D eigenvalue weighted by Crippen LogP contribution is -2.12. The van der Waals surface area contributed by atoms with Crippen LogP contribution in [0.15, 0.2) is 12.1 Å². The van der Waals surface area contributed by atoms with Crippen molar-refractivity contribution >= 4 is 17.6 Å². The first-order chi connectivity index (χ1) is 8.08. The molecule has 0 atom stereocenters. The van der Waals surface area contributed by atoms with Crippen molar-refractivity contribution < 1.29 is 18.3 Å². The average Bonchev–Trinajstić information content (AvgIpc) is 2.28. The molecule has 0 saturated carbocycles. The number of ether oxygens (including phenoxy) is 1. The number of nitrogens with zero attached hydrogens (tertiary/aromatic N) is 1. The monoisotopic (exact) mass is 263 g/mol. The molecule has 94 valence electrons. The average molecular weight is 264 g/mol. The Bertz CT molecular complexity index is 399. The summed E-state index contributed by atoms with van der Waals surface area (Å²) in [5.41, 5.74) is 0.221. The molecule has 0 bridgehead atoms. The minimum atomic E-state index is -2.67. The summed E-state index contributed by atoms with van der Waals surface area (Å²) < 4.78 is 30.0. The third-order valence-electron chi connectivity index (χ3n) is 2.06. The Kier molecular flexibility index (Phi) is 5.28. The predicted octanol–water partition coefficient (Wildman–Crippen LogP) is 2.86. The number of carbonyl (C=O) groups is 1. The molecule has 0 saturated heterocycles. The van der Waals surface area contributed by atoms with Gasteiger partial charge in [-0.1, -0.05) is 0 Å². The molecule has 6 heteroatoms. The van der Waals surface area contributed by atoms with Crippen molar-refractivity contribution in [3.05, 3.63) is 29.1 Å². The Labute approximate surface area is 103 Å². The topological polar surface area (TPSA) is 39.2 Å². The summed E-state index contributed by atoms with van der Waals surface area (Å²) in [6, 6.07) is 2.66.